The predicted octanol–water partition coefficient (Wildman–Crippen LogP) is 5.96. The maximum atomic E-state index is 13.9. The molecule has 2 atom stereocenters. The van der Waals surface area contributed by atoms with E-state index < -0.39 is 52.8 Å². The highest BCUT2D eigenvalue weighted by molar-refractivity contribution is 5.80. The smallest absolute Gasteiger partial charge is 0.413 e. The van der Waals surface area contributed by atoms with Gasteiger partial charge in [0.15, 0.2) is 0 Å². The summed E-state index contributed by atoms with van der Waals surface area (Å²) >= 11 is 0. The maximum Gasteiger partial charge on any atom is 0.413 e. The zero-order valence-corrected chi connectivity index (χ0v) is 29.3. The van der Waals surface area contributed by atoms with Gasteiger partial charge in [-0.25, -0.2) is 14.4 Å². The van der Waals surface area contributed by atoms with Crippen LogP contribution in [0.15, 0.2) is 60.7 Å². The number of benzene rings is 2. The summed E-state index contributed by atoms with van der Waals surface area (Å²) in [6.07, 6.45) is -2.42. The third-order valence-corrected chi connectivity index (χ3v) is 8.79. The Morgan fingerprint density at radius 1 is 0.745 bits per heavy atom. The second kappa shape index (κ2) is 14.2. The molecular weight excluding hydrogens is 602 g/mol. The van der Waals surface area contributed by atoms with Crippen molar-refractivity contribution in [3.05, 3.63) is 71.8 Å². The molecule has 11 heteroatoms. The van der Waals surface area contributed by atoms with E-state index in [-0.39, 0.29) is 13.0 Å². The van der Waals surface area contributed by atoms with Crippen LogP contribution in [0.3, 0.4) is 0 Å². The molecule has 2 amide bonds. The highest BCUT2D eigenvalue weighted by atomic mass is 16.6. The summed E-state index contributed by atoms with van der Waals surface area (Å²) in [5.74, 6) is -0.716. The molecule has 2 saturated heterocycles. The summed E-state index contributed by atoms with van der Waals surface area (Å²) in [4.78, 5) is 46.2. The molecule has 0 aliphatic carbocycles. The number of amides is 2. The number of rotatable bonds is 11. The first-order valence-corrected chi connectivity index (χ1v) is 16.1. The fourth-order valence-electron chi connectivity index (χ4n) is 6.70. The monoisotopic (exact) mass is 653 g/mol. The van der Waals surface area contributed by atoms with Crippen molar-refractivity contribution in [1.29, 1.82) is 0 Å². The quantitative estimate of drug-likeness (QED) is 0.215. The van der Waals surface area contributed by atoms with E-state index in [4.69, 9.17) is 23.7 Å². The molecule has 0 saturated carbocycles. The lowest BCUT2D eigenvalue weighted by atomic mass is 10.0. The van der Waals surface area contributed by atoms with Gasteiger partial charge < -0.3 is 23.7 Å². The van der Waals surface area contributed by atoms with Crippen LogP contribution < -0.4 is 0 Å². The number of carbonyl (C=O) groups is 3. The van der Waals surface area contributed by atoms with Crippen molar-refractivity contribution in [2.24, 2.45) is 0 Å². The van der Waals surface area contributed by atoms with Crippen molar-refractivity contribution in [2.75, 3.05) is 26.9 Å². The standard InChI is InChI=1S/C36H51N3O8/c1-33(2)24-45-35(5,6)38(33)31(41)44-21-20-28(37(22-26-16-12-10-13-17-26)23-27-18-14-11-15-19-27)29(30(40)43-9)47-32(42)39-34(3,4)25-46-36(39,7)8/h10-19,28-29H,20-25H2,1-9H3/t28-,29+/m0/s1. The molecule has 0 radical (unpaired) electrons. The van der Waals surface area contributed by atoms with Gasteiger partial charge in [0.2, 0.25) is 6.10 Å². The molecule has 2 aromatic rings. The number of hydrogen-bond donors (Lipinski definition) is 0. The van der Waals surface area contributed by atoms with Gasteiger partial charge in [-0.1, -0.05) is 60.7 Å². The van der Waals surface area contributed by atoms with Crippen molar-refractivity contribution in [3.8, 4) is 0 Å². The van der Waals surface area contributed by atoms with Crippen LogP contribution >= 0.6 is 0 Å². The van der Waals surface area contributed by atoms with Crippen LogP contribution in [0.2, 0.25) is 0 Å². The van der Waals surface area contributed by atoms with E-state index in [0.717, 1.165) is 11.1 Å². The molecule has 4 rings (SSSR count). The second-order valence-corrected chi connectivity index (χ2v) is 14.4. The van der Waals surface area contributed by atoms with Crippen molar-refractivity contribution < 1.29 is 38.1 Å². The van der Waals surface area contributed by atoms with Gasteiger partial charge in [-0.3, -0.25) is 14.7 Å². The zero-order valence-electron chi connectivity index (χ0n) is 29.3. The van der Waals surface area contributed by atoms with E-state index in [2.05, 4.69) is 4.90 Å². The topological polar surface area (TPSA) is 107 Å². The molecule has 2 aromatic carbocycles. The second-order valence-electron chi connectivity index (χ2n) is 14.4. The summed E-state index contributed by atoms with van der Waals surface area (Å²) in [6, 6.07) is 18.9. The Morgan fingerprint density at radius 3 is 1.60 bits per heavy atom. The minimum absolute atomic E-state index is 0.0545. The van der Waals surface area contributed by atoms with E-state index in [9.17, 15) is 14.4 Å². The van der Waals surface area contributed by atoms with Crippen LogP contribution in [-0.4, -0.2) is 94.5 Å². The molecule has 2 aliphatic rings. The van der Waals surface area contributed by atoms with Crippen LogP contribution in [0.4, 0.5) is 9.59 Å². The van der Waals surface area contributed by atoms with E-state index in [1.807, 2.05) is 102 Å². The lowest BCUT2D eigenvalue weighted by Crippen LogP contribution is -2.56. The number of methoxy groups -OCH3 is 1. The molecule has 2 aliphatic heterocycles. The first kappa shape index (κ1) is 36.2. The molecule has 0 bridgehead atoms. The number of carbonyl (C=O) groups excluding carboxylic acids is 3. The first-order valence-electron chi connectivity index (χ1n) is 16.1. The van der Waals surface area contributed by atoms with Crippen LogP contribution in [0.25, 0.3) is 0 Å². The van der Waals surface area contributed by atoms with E-state index in [1.165, 1.54) is 12.0 Å². The molecule has 2 heterocycles. The summed E-state index contributed by atoms with van der Waals surface area (Å²) in [5, 5.41) is 0. The molecule has 0 N–H and O–H groups in total. The van der Waals surface area contributed by atoms with E-state index >= 15 is 0 Å². The van der Waals surface area contributed by atoms with Crippen LogP contribution in [0, 0.1) is 0 Å². The average Bonchev–Trinajstić information content (AvgIpc) is 3.38. The summed E-state index contributed by atoms with van der Waals surface area (Å²) in [5.41, 5.74) is -1.08. The van der Waals surface area contributed by atoms with Crippen LogP contribution in [-0.2, 0) is 41.6 Å². The van der Waals surface area contributed by atoms with Crippen LogP contribution in [0.5, 0.6) is 0 Å². The SMILES string of the molecule is COC(=O)[C@H](OC(=O)N1C(C)(C)COC1(C)C)[C@H](CCOC(=O)N1C(C)(C)COC1(C)C)N(Cc1ccccc1)Cc1ccccc1. The Balaban J connectivity index is 1.69. The normalized spacial score (nSPS) is 20.5. The van der Waals surface area contributed by atoms with Gasteiger partial charge in [-0.05, 0) is 66.5 Å². The molecule has 47 heavy (non-hydrogen) atoms. The summed E-state index contributed by atoms with van der Waals surface area (Å²) < 4.78 is 29.0. The highest BCUT2D eigenvalue weighted by Gasteiger charge is 2.52. The lowest BCUT2D eigenvalue weighted by Gasteiger charge is -2.40. The van der Waals surface area contributed by atoms with Gasteiger partial charge in [-0.15, -0.1) is 0 Å². The molecule has 0 unspecified atom stereocenters. The van der Waals surface area contributed by atoms with Gasteiger partial charge in [-0.2, -0.15) is 0 Å². The van der Waals surface area contributed by atoms with Gasteiger partial charge in [0.1, 0.15) is 11.4 Å². The zero-order chi connectivity index (χ0) is 34.6. The van der Waals surface area contributed by atoms with Gasteiger partial charge >= 0.3 is 18.2 Å². The Morgan fingerprint density at radius 2 is 1.19 bits per heavy atom. The first-order chi connectivity index (χ1) is 22.0. The minimum Gasteiger partial charge on any atom is -0.466 e. The fourth-order valence-corrected chi connectivity index (χ4v) is 6.70. The highest BCUT2D eigenvalue weighted by Crippen LogP contribution is 2.37. The molecule has 11 nitrogen and oxygen atoms in total. The summed E-state index contributed by atoms with van der Waals surface area (Å²) in [7, 11) is 1.27. The Labute approximate surface area is 279 Å². The molecule has 0 spiro atoms. The number of nitrogens with zero attached hydrogens (tertiary/aromatic N) is 3. The van der Waals surface area contributed by atoms with E-state index in [1.54, 1.807) is 18.7 Å². The Kier molecular flexibility index (Phi) is 10.9. The summed E-state index contributed by atoms with van der Waals surface area (Å²) in [6.45, 7) is 16.3. The number of esters is 1. The Bertz CT molecular complexity index is 1310. The molecule has 0 aromatic heterocycles. The third-order valence-electron chi connectivity index (χ3n) is 8.79. The fraction of sp³-hybridized carbons (Fsp3) is 0.583. The minimum atomic E-state index is -1.35. The molecular formula is C36H51N3O8. The Hall–Kier alpha value is -3.67. The predicted molar refractivity (Wildman–Crippen MR) is 176 cm³/mol. The average molecular weight is 654 g/mol. The lowest BCUT2D eigenvalue weighted by molar-refractivity contribution is -0.158. The molecule has 258 valence electrons. The maximum absolute atomic E-state index is 13.9. The van der Waals surface area contributed by atoms with Crippen molar-refractivity contribution in [1.82, 2.24) is 14.7 Å². The number of ether oxygens (including phenoxy) is 5. The van der Waals surface area contributed by atoms with Crippen LogP contribution in [0.1, 0.15) is 72.9 Å². The van der Waals surface area contributed by atoms with Gasteiger partial charge in [0.25, 0.3) is 0 Å². The van der Waals surface area contributed by atoms with Crippen molar-refractivity contribution >= 4 is 18.2 Å². The third kappa shape index (κ3) is 8.44. The molecule has 2 fully saturated rings. The van der Waals surface area contributed by atoms with Crippen molar-refractivity contribution in [3.63, 3.8) is 0 Å². The largest absolute Gasteiger partial charge is 0.466 e. The van der Waals surface area contributed by atoms with Gasteiger partial charge in [0.05, 0.1) is 44.1 Å². The number of hydrogen-bond acceptors (Lipinski definition) is 9. The van der Waals surface area contributed by atoms with Gasteiger partial charge in [0, 0.05) is 19.5 Å². The van der Waals surface area contributed by atoms with E-state index in [0.29, 0.717) is 26.3 Å². The van der Waals surface area contributed by atoms with Crippen molar-refractivity contribution in [2.45, 2.75) is 110 Å².